The molecule has 0 saturated heterocycles. The average Bonchev–Trinajstić information content (AvgIpc) is 2.86. The molecular formula is C29H28N2O3. The van der Waals surface area contributed by atoms with Gasteiger partial charge in [0.1, 0.15) is 29.7 Å². The van der Waals surface area contributed by atoms with E-state index in [1.165, 1.54) is 5.56 Å². The first kappa shape index (κ1) is 24.3. The van der Waals surface area contributed by atoms with Gasteiger partial charge >= 0.3 is 0 Å². The van der Waals surface area contributed by atoms with Crippen molar-refractivity contribution in [2.75, 3.05) is 7.11 Å². The molecule has 0 fully saturated rings. The van der Waals surface area contributed by atoms with Crippen LogP contribution in [-0.2, 0) is 24.4 Å². The van der Waals surface area contributed by atoms with Crippen LogP contribution in [0, 0.1) is 18.3 Å². The van der Waals surface area contributed by atoms with Crippen LogP contribution in [0.4, 0.5) is 0 Å². The van der Waals surface area contributed by atoms with Gasteiger partial charge in [-0.15, -0.1) is 6.58 Å². The van der Waals surface area contributed by atoms with Crippen LogP contribution < -0.4 is 14.8 Å². The van der Waals surface area contributed by atoms with Crippen LogP contribution >= 0.6 is 0 Å². The summed E-state index contributed by atoms with van der Waals surface area (Å²) in [6, 6.07) is 23.2. The standard InChI is InChI=1S/C29H28N2O3/c1-4-5-25-16-24(12-15-28(25)34-20-23-8-6-21(2)7-9-23)17-26(18-30)29(32)31-19-22-10-13-27(33-3)14-11-22/h4,6-17H,1,5,19-20H2,2-3H3,(H,31,32)/b26-17-. The average molecular weight is 453 g/mol. The second kappa shape index (κ2) is 12.1. The van der Waals surface area contributed by atoms with Crippen molar-refractivity contribution in [3.05, 3.63) is 113 Å². The molecule has 3 aromatic carbocycles. The summed E-state index contributed by atoms with van der Waals surface area (Å²) in [5.41, 5.74) is 4.91. The molecule has 5 heteroatoms. The zero-order valence-corrected chi connectivity index (χ0v) is 19.5. The van der Waals surface area contributed by atoms with Crippen molar-refractivity contribution in [1.29, 1.82) is 5.26 Å². The van der Waals surface area contributed by atoms with Gasteiger partial charge in [0.15, 0.2) is 0 Å². The number of nitriles is 1. The van der Waals surface area contributed by atoms with Gasteiger partial charge in [-0.2, -0.15) is 5.26 Å². The van der Waals surface area contributed by atoms with Crippen molar-refractivity contribution >= 4 is 12.0 Å². The van der Waals surface area contributed by atoms with E-state index in [4.69, 9.17) is 9.47 Å². The smallest absolute Gasteiger partial charge is 0.262 e. The predicted octanol–water partition coefficient (Wildman–Crippen LogP) is 5.53. The maximum Gasteiger partial charge on any atom is 0.262 e. The number of methoxy groups -OCH3 is 1. The highest BCUT2D eigenvalue weighted by Crippen LogP contribution is 2.24. The van der Waals surface area contributed by atoms with Gasteiger partial charge < -0.3 is 14.8 Å². The second-order valence-electron chi connectivity index (χ2n) is 7.83. The molecular weight excluding hydrogens is 424 g/mol. The molecule has 3 aromatic rings. The predicted molar refractivity (Wildman–Crippen MR) is 134 cm³/mol. The molecule has 0 atom stereocenters. The fourth-order valence-electron chi connectivity index (χ4n) is 3.33. The highest BCUT2D eigenvalue weighted by atomic mass is 16.5. The minimum absolute atomic E-state index is 0.0337. The van der Waals surface area contributed by atoms with Crippen LogP contribution in [0.25, 0.3) is 6.08 Å². The summed E-state index contributed by atoms with van der Waals surface area (Å²) in [5.74, 6) is 1.07. The van der Waals surface area contributed by atoms with Crippen molar-refractivity contribution in [1.82, 2.24) is 5.32 Å². The molecule has 0 aromatic heterocycles. The molecule has 0 aliphatic carbocycles. The molecule has 5 nitrogen and oxygen atoms in total. The molecule has 0 unspecified atom stereocenters. The maximum absolute atomic E-state index is 12.6. The number of carbonyl (C=O) groups is 1. The van der Waals surface area contributed by atoms with Crippen LogP contribution in [0.5, 0.6) is 11.5 Å². The number of allylic oxidation sites excluding steroid dienone is 1. The number of nitrogens with zero attached hydrogens (tertiary/aromatic N) is 1. The number of carbonyl (C=O) groups excluding carboxylic acids is 1. The van der Waals surface area contributed by atoms with Gasteiger partial charge in [0.2, 0.25) is 0 Å². The molecule has 0 aliphatic heterocycles. The Kier molecular flexibility index (Phi) is 8.65. The summed E-state index contributed by atoms with van der Waals surface area (Å²) >= 11 is 0. The van der Waals surface area contributed by atoms with E-state index in [-0.39, 0.29) is 5.57 Å². The molecule has 0 saturated carbocycles. The first-order chi connectivity index (χ1) is 16.5. The normalized spacial score (nSPS) is 10.8. The van der Waals surface area contributed by atoms with Gasteiger partial charge in [0.05, 0.1) is 7.11 Å². The first-order valence-electron chi connectivity index (χ1n) is 11.0. The summed E-state index contributed by atoms with van der Waals surface area (Å²) in [6.45, 7) is 6.65. The van der Waals surface area contributed by atoms with E-state index in [9.17, 15) is 10.1 Å². The maximum atomic E-state index is 12.6. The topological polar surface area (TPSA) is 71.4 Å². The molecule has 172 valence electrons. The molecule has 1 N–H and O–H groups in total. The van der Waals surface area contributed by atoms with E-state index in [1.54, 1.807) is 19.3 Å². The minimum Gasteiger partial charge on any atom is -0.497 e. The number of amides is 1. The molecule has 0 bridgehead atoms. The van der Waals surface area contributed by atoms with E-state index in [2.05, 4.69) is 24.0 Å². The highest BCUT2D eigenvalue weighted by molar-refractivity contribution is 6.01. The molecule has 0 radical (unpaired) electrons. The summed E-state index contributed by atoms with van der Waals surface area (Å²) in [5, 5.41) is 12.3. The summed E-state index contributed by atoms with van der Waals surface area (Å²) in [6.07, 6.45) is 3.99. The number of benzene rings is 3. The number of hydrogen-bond donors (Lipinski definition) is 1. The van der Waals surface area contributed by atoms with E-state index in [1.807, 2.05) is 67.6 Å². The molecule has 0 aliphatic rings. The lowest BCUT2D eigenvalue weighted by atomic mass is 10.0. The van der Waals surface area contributed by atoms with Crippen molar-refractivity contribution in [3.8, 4) is 17.6 Å². The van der Waals surface area contributed by atoms with E-state index in [0.717, 1.165) is 33.8 Å². The molecule has 3 rings (SSSR count). The summed E-state index contributed by atoms with van der Waals surface area (Å²) in [7, 11) is 1.60. The first-order valence-corrected chi connectivity index (χ1v) is 11.0. The van der Waals surface area contributed by atoms with Crippen molar-refractivity contribution in [2.45, 2.75) is 26.5 Å². The number of ether oxygens (including phenoxy) is 2. The number of rotatable bonds is 10. The Bertz CT molecular complexity index is 1200. The largest absolute Gasteiger partial charge is 0.497 e. The monoisotopic (exact) mass is 452 g/mol. The Morgan fingerprint density at radius 1 is 1.06 bits per heavy atom. The van der Waals surface area contributed by atoms with Crippen molar-refractivity contribution in [2.24, 2.45) is 0 Å². The third-order valence-corrected chi connectivity index (χ3v) is 5.25. The van der Waals surface area contributed by atoms with E-state index in [0.29, 0.717) is 19.6 Å². The fraction of sp³-hybridized carbons (Fsp3) is 0.172. The number of nitrogens with one attached hydrogen (secondary N) is 1. The number of aryl methyl sites for hydroxylation is 1. The molecule has 0 heterocycles. The SMILES string of the molecule is C=CCc1cc(/C=C(/C#N)C(=O)NCc2ccc(OC)cc2)ccc1OCc1ccc(C)cc1. The van der Waals surface area contributed by atoms with Crippen molar-refractivity contribution in [3.63, 3.8) is 0 Å². The van der Waals surface area contributed by atoms with Crippen LogP contribution in [0.15, 0.2) is 85.0 Å². The lowest BCUT2D eigenvalue weighted by Crippen LogP contribution is -2.23. The third-order valence-electron chi connectivity index (χ3n) is 5.25. The van der Waals surface area contributed by atoms with Gasteiger partial charge in [0, 0.05) is 6.54 Å². The van der Waals surface area contributed by atoms with Crippen LogP contribution in [0.1, 0.15) is 27.8 Å². The van der Waals surface area contributed by atoms with Gasteiger partial charge in [-0.3, -0.25) is 4.79 Å². The lowest BCUT2D eigenvalue weighted by Gasteiger charge is -2.12. The Morgan fingerprint density at radius 2 is 1.76 bits per heavy atom. The lowest BCUT2D eigenvalue weighted by molar-refractivity contribution is -0.117. The van der Waals surface area contributed by atoms with Crippen LogP contribution in [0.3, 0.4) is 0 Å². The molecule has 1 amide bonds. The third kappa shape index (κ3) is 6.85. The van der Waals surface area contributed by atoms with Crippen molar-refractivity contribution < 1.29 is 14.3 Å². The van der Waals surface area contributed by atoms with E-state index < -0.39 is 5.91 Å². The zero-order valence-electron chi connectivity index (χ0n) is 19.5. The number of hydrogen-bond acceptors (Lipinski definition) is 4. The highest BCUT2D eigenvalue weighted by Gasteiger charge is 2.11. The van der Waals surface area contributed by atoms with Gasteiger partial charge in [-0.05, 0) is 65.9 Å². The van der Waals surface area contributed by atoms with Gasteiger partial charge in [0.25, 0.3) is 5.91 Å². The van der Waals surface area contributed by atoms with E-state index >= 15 is 0 Å². The van der Waals surface area contributed by atoms with Crippen LogP contribution in [0.2, 0.25) is 0 Å². The second-order valence-corrected chi connectivity index (χ2v) is 7.83. The Balaban J connectivity index is 1.70. The fourth-order valence-corrected chi connectivity index (χ4v) is 3.33. The zero-order chi connectivity index (χ0) is 24.3. The van der Waals surface area contributed by atoms with Gasteiger partial charge in [-0.1, -0.05) is 54.1 Å². The quantitative estimate of drug-likeness (QED) is 0.249. The van der Waals surface area contributed by atoms with Crippen LogP contribution in [-0.4, -0.2) is 13.0 Å². The van der Waals surface area contributed by atoms with Gasteiger partial charge in [-0.25, -0.2) is 0 Å². The Labute approximate surface area is 201 Å². The Hall–Kier alpha value is -4.30. The molecule has 34 heavy (non-hydrogen) atoms. The Morgan fingerprint density at radius 3 is 2.41 bits per heavy atom. The molecule has 0 spiro atoms. The minimum atomic E-state index is -0.428. The summed E-state index contributed by atoms with van der Waals surface area (Å²) in [4.78, 5) is 12.6. The summed E-state index contributed by atoms with van der Waals surface area (Å²) < 4.78 is 11.2.